The van der Waals surface area contributed by atoms with Gasteiger partial charge in [-0.25, -0.2) is 0 Å². The summed E-state index contributed by atoms with van der Waals surface area (Å²) in [5.74, 6) is -0.740. The zero-order valence-corrected chi connectivity index (χ0v) is 10.8. The molecule has 0 aromatic heterocycles. The summed E-state index contributed by atoms with van der Waals surface area (Å²) in [6.45, 7) is 0.465. The number of amides is 1. The Morgan fingerprint density at radius 1 is 1.20 bits per heavy atom. The largest absolute Gasteiger partial charge is 0.304 e. The molecule has 15 heavy (non-hydrogen) atoms. The number of anilines is 1. The van der Waals surface area contributed by atoms with Crippen molar-refractivity contribution >= 4 is 49.2 Å². The standard InChI is InChI=1S/C10H7Br2NO2/c11-6-1-2-7(12)8(5-6)13-4-3-9(14)10(13)15/h1-2,5H,3-4H2. The normalized spacial score (nSPS) is 16.3. The van der Waals surface area contributed by atoms with Gasteiger partial charge in [0.15, 0.2) is 0 Å². The van der Waals surface area contributed by atoms with Gasteiger partial charge in [0.1, 0.15) is 0 Å². The highest BCUT2D eigenvalue weighted by Crippen LogP contribution is 2.31. The number of hydrogen-bond acceptors (Lipinski definition) is 2. The fraction of sp³-hybridized carbons (Fsp3) is 0.200. The van der Waals surface area contributed by atoms with E-state index < -0.39 is 5.91 Å². The van der Waals surface area contributed by atoms with Crippen LogP contribution in [-0.4, -0.2) is 18.2 Å². The molecule has 3 nitrogen and oxygen atoms in total. The van der Waals surface area contributed by atoms with Crippen LogP contribution in [0.5, 0.6) is 0 Å². The topological polar surface area (TPSA) is 37.4 Å². The van der Waals surface area contributed by atoms with Crippen LogP contribution in [0.15, 0.2) is 27.1 Å². The molecule has 1 aromatic carbocycles. The first-order valence-electron chi connectivity index (χ1n) is 4.39. The molecule has 5 heteroatoms. The van der Waals surface area contributed by atoms with Gasteiger partial charge >= 0.3 is 0 Å². The molecule has 0 aliphatic carbocycles. The van der Waals surface area contributed by atoms with Gasteiger partial charge in [0.2, 0.25) is 5.78 Å². The summed E-state index contributed by atoms with van der Waals surface area (Å²) in [6.07, 6.45) is 0.303. The van der Waals surface area contributed by atoms with Gasteiger partial charge in [0.05, 0.1) is 5.69 Å². The van der Waals surface area contributed by atoms with Crippen molar-refractivity contribution in [3.8, 4) is 0 Å². The number of Topliss-reactive ketones (excluding diaryl/α,β-unsaturated/α-hetero) is 1. The molecule has 78 valence electrons. The fourth-order valence-electron chi connectivity index (χ4n) is 1.49. The monoisotopic (exact) mass is 331 g/mol. The van der Waals surface area contributed by atoms with E-state index >= 15 is 0 Å². The molecule has 2 rings (SSSR count). The number of carbonyl (C=O) groups excluding carboxylic acids is 2. The average Bonchev–Trinajstić information content (AvgIpc) is 2.52. The van der Waals surface area contributed by atoms with Crippen molar-refractivity contribution in [2.24, 2.45) is 0 Å². The Morgan fingerprint density at radius 2 is 1.93 bits per heavy atom. The van der Waals surface area contributed by atoms with Gasteiger partial charge in [-0.3, -0.25) is 9.59 Å². The Morgan fingerprint density at radius 3 is 2.53 bits per heavy atom. The molecule has 1 aromatic rings. The predicted octanol–water partition coefficient (Wildman–Crippen LogP) is 2.52. The number of nitrogens with zero attached hydrogens (tertiary/aromatic N) is 1. The lowest BCUT2D eigenvalue weighted by Gasteiger charge is -2.16. The van der Waals surface area contributed by atoms with Crippen LogP contribution in [0.25, 0.3) is 0 Å². The number of hydrogen-bond donors (Lipinski definition) is 0. The Hall–Kier alpha value is -0.680. The van der Waals surface area contributed by atoms with Crippen LogP contribution in [-0.2, 0) is 9.59 Å². The van der Waals surface area contributed by atoms with Crippen LogP contribution < -0.4 is 4.90 Å². The van der Waals surface area contributed by atoms with Gasteiger partial charge < -0.3 is 4.90 Å². The average molecular weight is 333 g/mol. The maximum Gasteiger partial charge on any atom is 0.294 e. The third-order valence-electron chi connectivity index (χ3n) is 2.25. The Balaban J connectivity index is 2.42. The third kappa shape index (κ3) is 1.99. The van der Waals surface area contributed by atoms with Crippen LogP contribution in [0, 0.1) is 0 Å². The molecule has 0 unspecified atom stereocenters. The number of ketones is 1. The van der Waals surface area contributed by atoms with Gasteiger partial charge in [0.25, 0.3) is 5.91 Å². The first-order valence-corrected chi connectivity index (χ1v) is 5.98. The van der Waals surface area contributed by atoms with E-state index in [9.17, 15) is 9.59 Å². The van der Waals surface area contributed by atoms with Crippen molar-refractivity contribution in [3.63, 3.8) is 0 Å². The number of rotatable bonds is 1. The maximum atomic E-state index is 11.5. The molecule has 0 atom stereocenters. The molecular weight excluding hydrogens is 326 g/mol. The van der Waals surface area contributed by atoms with Crippen molar-refractivity contribution in [2.45, 2.75) is 6.42 Å². The second-order valence-electron chi connectivity index (χ2n) is 3.23. The summed E-state index contributed by atoms with van der Waals surface area (Å²) >= 11 is 6.70. The first-order chi connectivity index (χ1) is 7.09. The van der Waals surface area contributed by atoms with Crippen molar-refractivity contribution in [1.82, 2.24) is 0 Å². The molecule has 1 aliphatic rings. The first kappa shape index (κ1) is 10.8. The molecule has 1 saturated heterocycles. The van der Waals surface area contributed by atoms with E-state index in [0.717, 1.165) is 14.6 Å². The van der Waals surface area contributed by atoms with Gasteiger partial charge in [-0.15, -0.1) is 0 Å². The molecule has 0 N–H and O–H groups in total. The van der Waals surface area contributed by atoms with E-state index in [0.29, 0.717) is 13.0 Å². The van der Waals surface area contributed by atoms with Crippen molar-refractivity contribution in [3.05, 3.63) is 27.1 Å². The van der Waals surface area contributed by atoms with Gasteiger partial charge in [-0.05, 0) is 34.1 Å². The molecule has 0 bridgehead atoms. The number of carbonyl (C=O) groups is 2. The van der Waals surface area contributed by atoms with Crippen LogP contribution in [0.1, 0.15) is 6.42 Å². The zero-order valence-electron chi connectivity index (χ0n) is 7.67. The Labute approximate surface area is 104 Å². The second kappa shape index (κ2) is 4.06. The predicted molar refractivity (Wildman–Crippen MR) is 63.8 cm³/mol. The third-order valence-corrected chi connectivity index (χ3v) is 3.41. The van der Waals surface area contributed by atoms with Crippen LogP contribution in [0.2, 0.25) is 0 Å². The maximum absolute atomic E-state index is 11.5. The molecular formula is C10H7Br2NO2. The summed E-state index contributed by atoms with van der Waals surface area (Å²) in [6, 6.07) is 5.53. The van der Waals surface area contributed by atoms with E-state index in [2.05, 4.69) is 31.9 Å². The van der Waals surface area contributed by atoms with Crippen LogP contribution in [0.4, 0.5) is 5.69 Å². The summed E-state index contributed by atoms with van der Waals surface area (Å²) in [5.41, 5.74) is 0.736. The summed E-state index contributed by atoms with van der Waals surface area (Å²) in [7, 11) is 0. The summed E-state index contributed by atoms with van der Waals surface area (Å²) < 4.78 is 1.70. The number of benzene rings is 1. The zero-order chi connectivity index (χ0) is 11.0. The van der Waals surface area contributed by atoms with E-state index in [1.807, 2.05) is 18.2 Å². The van der Waals surface area contributed by atoms with Crippen LogP contribution in [0.3, 0.4) is 0 Å². The minimum atomic E-state index is -0.422. The van der Waals surface area contributed by atoms with Crippen LogP contribution >= 0.6 is 31.9 Å². The SMILES string of the molecule is O=C1CCN(c2cc(Br)ccc2Br)C1=O. The second-order valence-corrected chi connectivity index (χ2v) is 5.00. The van der Waals surface area contributed by atoms with Gasteiger partial charge in [0, 0.05) is 21.9 Å². The van der Waals surface area contributed by atoms with E-state index in [-0.39, 0.29) is 5.78 Å². The molecule has 1 fully saturated rings. The van der Waals surface area contributed by atoms with Crippen molar-refractivity contribution in [1.29, 1.82) is 0 Å². The molecule has 0 radical (unpaired) electrons. The highest BCUT2D eigenvalue weighted by Gasteiger charge is 2.31. The Bertz CT molecular complexity index is 445. The minimum Gasteiger partial charge on any atom is -0.304 e. The summed E-state index contributed by atoms with van der Waals surface area (Å²) in [5, 5.41) is 0. The van der Waals surface area contributed by atoms with E-state index in [4.69, 9.17) is 0 Å². The van der Waals surface area contributed by atoms with E-state index in [1.54, 1.807) is 0 Å². The molecule has 0 spiro atoms. The highest BCUT2D eigenvalue weighted by molar-refractivity contribution is 9.11. The lowest BCUT2D eigenvalue weighted by atomic mass is 10.3. The Kier molecular flexibility index (Phi) is 2.93. The minimum absolute atomic E-state index is 0.303. The lowest BCUT2D eigenvalue weighted by molar-refractivity contribution is -0.133. The lowest BCUT2D eigenvalue weighted by Crippen LogP contribution is -2.27. The number of halogens is 2. The van der Waals surface area contributed by atoms with E-state index in [1.165, 1.54) is 4.90 Å². The van der Waals surface area contributed by atoms with Crippen molar-refractivity contribution < 1.29 is 9.59 Å². The van der Waals surface area contributed by atoms with Gasteiger partial charge in [-0.1, -0.05) is 15.9 Å². The molecule has 1 heterocycles. The molecule has 1 aliphatic heterocycles. The molecule has 1 amide bonds. The highest BCUT2D eigenvalue weighted by atomic mass is 79.9. The molecule has 0 saturated carbocycles. The van der Waals surface area contributed by atoms with Gasteiger partial charge in [-0.2, -0.15) is 0 Å². The quantitative estimate of drug-likeness (QED) is 0.741. The summed E-state index contributed by atoms with van der Waals surface area (Å²) in [4.78, 5) is 24.1. The fourth-order valence-corrected chi connectivity index (χ4v) is 2.30. The van der Waals surface area contributed by atoms with Crippen molar-refractivity contribution in [2.75, 3.05) is 11.4 Å². The smallest absolute Gasteiger partial charge is 0.294 e.